The first kappa shape index (κ1) is 12.9. The van der Waals surface area contributed by atoms with Gasteiger partial charge in [0.25, 0.3) is 0 Å². The van der Waals surface area contributed by atoms with Gasteiger partial charge in [0.05, 0.1) is 5.92 Å². The largest absolute Gasteiger partial charge is 0.481 e. The zero-order chi connectivity index (χ0) is 13.6. The molecule has 2 N–H and O–H groups in total. The molecule has 1 amide bonds. The highest BCUT2D eigenvalue weighted by Crippen LogP contribution is 2.63. The van der Waals surface area contributed by atoms with Crippen molar-refractivity contribution >= 4 is 11.9 Å². The second kappa shape index (κ2) is 4.50. The van der Waals surface area contributed by atoms with Gasteiger partial charge >= 0.3 is 5.97 Å². The van der Waals surface area contributed by atoms with Crippen LogP contribution in [0.25, 0.3) is 0 Å². The summed E-state index contributed by atoms with van der Waals surface area (Å²) in [6.45, 7) is 0. The number of aliphatic carboxylic acids is 1. The number of hydrogen-bond acceptors (Lipinski definition) is 2. The highest BCUT2D eigenvalue weighted by molar-refractivity contribution is 5.82. The van der Waals surface area contributed by atoms with Crippen molar-refractivity contribution in [3.05, 3.63) is 0 Å². The predicted octanol–water partition coefficient (Wildman–Crippen LogP) is 2.04. The number of carbonyl (C=O) groups is 2. The molecule has 0 spiro atoms. The van der Waals surface area contributed by atoms with Crippen molar-refractivity contribution in [1.29, 1.82) is 0 Å². The second-order valence-electron chi connectivity index (χ2n) is 7.05. The minimum Gasteiger partial charge on any atom is -0.481 e. The zero-order valence-electron chi connectivity index (χ0n) is 11.5. The van der Waals surface area contributed by atoms with E-state index < -0.39 is 11.9 Å². The normalized spacial score (nSPS) is 41.0. The molecule has 4 heteroatoms. The highest BCUT2D eigenvalue weighted by Gasteiger charge is 2.56. The average Bonchev–Trinajstić information content (AvgIpc) is 2.33. The smallest absolute Gasteiger partial charge is 0.307 e. The maximum absolute atomic E-state index is 11.7. The topological polar surface area (TPSA) is 66.4 Å². The molecule has 4 rings (SSSR count). The van der Waals surface area contributed by atoms with Crippen LogP contribution in [0.1, 0.15) is 44.9 Å². The van der Waals surface area contributed by atoms with Crippen molar-refractivity contribution in [2.45, 2.75) is 44.9 Å². The Bertz CT molecular complexity index is 369. The summed E-state index contributed by atoms with van der Waals surface area (Å²) in [5, 5.41) is 12.2. The molecule has 0 heterocycles. The monoisotopic (exact) mass is 265 g/mol. The molecule has 1 unspecified atom stereocenters. The highest BCUT2D eigenvalue weighted by atomic mass is 16.4. The molecule has 0 aromatic heterocycles. The number of carboxylic acids is 1. The van der Waals surface area contributed by atoms with Gasteiger partial charge in [-0.3, -0.25) is 9.59 Å². The molecular formula is C15H23NO3. The Hall–Kier alpha value is -1.06. The lowest BCUT2D eigenvalue weighted by Crippen LogP contribution is -2.52. The van der Waals surface area contributed by atoms with Crippen LogP contribution < -0.4 is 5.32 Å². The van der Waals surface area contributed by atoms with Crippen LogP contribution in [-0.4, -0.2) is 24.0 Å². The van der Waals surface area contributed by atoms with Gasteiger partial charge in [0.2, 0.25) is 5.91 Å². The SMILES string of the molecule is CNC(=O)CC(C(=O)O)C12CC3CC(CC(C3)C1)C2. The minimum atomic E-state index is -0.773. The van der Waals surface area contributed by atoms with Crippen molar-refractivity contribution in [3.8, 4) is 0 Å². The Labute approximate surface area is 113 Å². The molecule has 1 atom stereocenters. The summed E-state index contributed by atoms with van der Waals surface area (Å²) in [5.41, 5.74) is -0.0902. The van der Waals surface area contributed by atoms with E-state index in [1.807, 2.05) is 0 Å². The fourth-order valence-electron chi connectivity index (χ4n) is 5.46. The number of hydrogen-bond donors (Lipinski definition) is 2. The first-order valence-electron chi connectivity index (χ1n) is 7.46. The molecule has 106 valence electrons. The number of rotatable bonds is 4. The molecule has 0 radical (unpaired) electrons. The summed E-state index contributed by atoms with van der Waals surface area (Å²) in [4.78, 5) is 23.3. The number of carbonyl (C=O) groups excluding carboxylic acids is 1. The van der Waals surface area contributed by atoms with E-state index in [0.717, 1.165) is 37.0 Å². The quantitative estimate of drug-likeness (QED) is 0.817. The van der Waals surface area contributed by atoms with Gasteiger partial charge in [-0.2, -0.15) is 0 Å². The van der Waals surface area contributed by atoms with Gasteiger partial charge in [-0.15, -0.1) is 0 Å². The van der Waals surface area contributed by atoms with E-state index in [4.69, 9.17) is 0 Å². The van der Waals surface area contributed by atoms with E-state index in [-0.39, 0.29) is 17.7 Å². The number of nitrogens with one attached hydrogen (secondary N) is 1. The first-order chi connectivity index (χ1) is 9.02. The lowest BCUT2D eigenvalue weighted by atomic mass is 9.46. The lowest BCUT2D eigenvalue weighted by Gasteiger charge is -2.58. The third-order valence-corrected chi connectivity index (χ3v) is 5.79. The molecule has 4 bridgehead atoms. The van der Waals surface area contributed by atoms with Crippen LogP contribution in [0.4, 0.5) is 0 Å². The molecule has 0 saturated heterocycles. The molecule has 4 aliphatic carbocycles. The molecule has 4 fully saturated rings. The molecule has 0 aromatic carbocycles. The maximum Gasteiger partial charge on any atom is 0.307 e. The van der Waals surface area contributed by atoms with Crippen LogP contribution in [0.3, 0.4) is 0 Å². The van der Waals surface area contributed by atoms with Crippen LogP contribution in [0.5, 0.6) is 0 Å². The summed E-state index contributed by atoms with van der Waals surface area (Å²) in [6.07, 6.45) is 7.15. The van der Waals surface area contributed by atoms with Gasteiger partial charge in [-0.25, -0.2) is 0 Å². The fraction of sp³-hybridized carbons (Fsp3) is 0.867. The van der Waals surface area contributed by atoms with Crippen molar-refractivity contribution in [2.75, 3.05) is 7.05 Å². The molecule has 0 aromatic rings. The van der Waals surface area contributed by atoms with Crippen LogP contribution in [-0.2, 0) is 9.59 Å². The van der Waals surface area contributed by atoms with E-state index in [0.29, 0.717) is 0 Å². The molecule has 0 aliphatic heterocycles. The van der Waals surface area contributed by atoms with Crippen LogP contribution >= 0.6 is 0 Å². The standard InChI is InChI=1S/C15H23NO3/c1-16-13(17)5-12(14(18)19)15-6-9-2-10(7-15)4-11(3-9)8-15/h9-12H,2-8H2,1H3,(H,16,17)(H,18,19). The summed E-state index contributed by atoms with van der Waals surface area (Å²) >= 11 is 0. The summed E-state index contributed by atoms with van der Waals surface area (Å²) in [5.74, 6) is 0.767. The average molecular weight is 265 g/mol. The van der Waals surface area contributed by atoms with Gasteiger partial charge in [0.15, 0.2) is 0 Å². The second-order valence-corrected chi connectivity index (χ2v) is 7.05. The summed E-state index contributed by atoms with van der Waals surface area (Å²) in [7, 11) is 1.58. The molecular weight excluding hydrogens is 242 g/mol. The Balaban J connectivity index is 1.85. The van der Waals surface area contributed by atoms with E-state index in [1.54, 1.807) is 7.05 Å². The van der Waals surface area contributed by atoms with Gasteiger partial charge < -0.3 is 10.4 Å². The Morgan fingerprint density at radius 2 is 1.63 bits per heavy atom. The summed E-state index contributed by atoms with van der Waals surface area (Å²) < 4.78 is 0. The van der Waals surface area contributed by atoms with Crippen molar-refractivity contribution in [2.24, 2.45) is 29.1 Å². The molecule has 19 heavy (non-hydrogen) atoms. The summed E-state index contributed by atoms with van der Waals surface area (Å²) in [6, 6.07) is 0. The number of amides is 1. The zero-order valence-corrected chi connectivity index (χ0v) is 11.5. The first-order valence-corrected chi connectivity index (χ1v) is 7.46. The van der Waals surface area contributed by atoms with E-state index in [9.17, 15) is 14.7 Å². The Morgan fingerprint density at radius 3 is 2.00 bits per heavy atom. The van der Waals surface area contributed by atoms with E-state index in [2.05, 4.69) is 5.32 Å². The van der Waals surface area contributed by atoms with Gasteiger partial charge in [0.1, 0.15) is 0 Å². The molecule has 4 aliphatic rings. The predicted molar refractivity (Wildman–Crippen MR) is 70.4 cm³/mol. The van der Waals surface area contributed by atoms with E-state index in [1.165, 1.54) is 19.3 Å². The number of carboxylic acid groups (broad SMARTS) is 1. The van der Waals surface area contributed by atoms with Gasteiger partial charge in [-0.05, 0) is 61.7 Å². The third-order valence-electron chi connectivity index (χ3n) is 5.79. The maximum atomic E-state index is 11.7. The molecule has 4 saturated carbocycles. The van der Waals surface area contributed by atoms with Crippen molar-refractivity contribution in [3.63, 3.8) is 0 Å². The Morgan fingerprint density at radius 1 is 1.16 bits per heavy atom. The van der Waals surface area contributed by atoms with Gasteiger partial charge in [0, 0.05) is 13.5 Å². The van der Waals surface area contributed by atoms with Gasteiger partial charge in [-0.1, -0.05) is 0 Å². The third kappa shape index (κ3) is 2.15. The lowest BCUT2D eigenvalue weighted by molar-refractivity contribution is -0.160. The van der Waals surface area contributed by atoms with E-state index >= 15 is 0 Å². The fourth-order valence-corrected chi connectivity index (χ4v) is 5.46. The molecule has 4 nitrogen and oxygen atoms in total. The minimum absolute atomic E-state index is 0.0902. The van der Waals surface area contributed by atoms with Crippen LogP contribution in [0, 0.1) is 29.1 Å². The Kier molecular flexibility index (Phi) is 3.06. The van der Waals surface area contributed by atoms with Crippen LogP contribution in [0.15, 0.2) is 0 Å². The van der Waals surface area contributed by atoms with Crippen molar-refractivity contribution < 1.29 is 14.7 Å². The van der Waals surface area contributed by atoms with Crippen molar-refractivity contribution in [1.82, 2.24) is 5.32 Å². The van der Waals surface area contributed by atoms with Crippen LogP contribution in [0.2, 0.25) is 0 Å².